The molecule has 1 heterocycles. The first-order chi connectivity index (χ1) is 14.3. The largest absolute Gasteiger partial charge is 0.356 e. The lowest BCUT2D eigenvalue weighted by atomic mass is 10.1. The third-order valence-corrected chi connectivity index (χ3v) is 5.73. The Kier molecular flexibility index (Phi) is 16.0. The molecular formula is C21H39N7S. The summed E-state index contributed by atoms with van der Waals surface area (Å²) in [5, 5.41) is 14.8. The van der Waals surface area contributed by atoms with Crippen molar-refractivity contribution in [1.29, 1.82) is 5.26 Å². The van der Waals surface area contributed by atoms with Gasteiger partial charge in [0, 0.05) is 23.7 Å². The molecule has 0 atom stereocenters. The van der Waals surface area contributed by atoms with E-state index in [0.29, 0.717) is 12.5 Å². The smallest absolute Gasteiger partial charge is 0.204 e. The van der Waals surface area contributed by atoms with Crippen LogP contribution in [-0.4, -0.2) is 41.3 Å². The SMILES string of the molecule is Cc1[nH]cnc1CSCC/N=C(\NC#N)NCCCCCCCCCCCCN. The van der Waals surface area contributed by atoms with E-state index in [-0.39, 0.29) is 0 Å². The molecule has 0 saturated carbocycles. The van der Waals surface area contributed by atoms with Gasteiger partial charge in [0.2, 0.25) is 5.96 Å². The maximum atomic E-state index is 8.88. The highest BCUT2D eigenvalue weighted by atomic mass is 32.2. The molecule has 0 aromatic carbocycles. The number of aliphatic imine (C=N–C) groups is 1. The van der Waals surface area contributed by atoms with Gasteiger partial charge in [0.05, 0.1) is 18.6 Å². The standard InChI is InChI=1S/C21H39N7S/c1-19-20(28-18-27-19)16-29-15-14-25-21(26-17-23)24-13-11-9-7-5-3-2-4-6-8-10-12-22/h18H,2-16,22H2,1H3,(H,27,28)(H2,24,25,26). The van der Waals surface area contributed by atoms with Crippen LogP contribution in [0.5, 0.6) is 0 Å². The van der Waals surface area contributed by atoms with Crippen LogP contribution >= 0.6 is 11.8 Å². The number of hydrogen-bond donors (Lipinski definition) is 4. The van der Waals surface area contributed by atoms with E-state index in [0.717, 1.165) is 42.4 Å². The number of aromatic amines is 1. The molecule has 7 nitrogen and oxygen atoms in total. The molecule has 0 aliphatic heterocycles. The molecule has 1 rings (SSSR count). The number of hydrogen-bond acceptors (Lipinski definition) is 5. The molecule has 0 aliphatic rings. The van der Waals surface area contributed by atoms with Crippen molar-refractivity contribution in [2.45, 2.75) is 76.9 Å². The van der Waals surface area contributed by atoms with E-state index in [4.69, 9.17) is 11.0 Å². The summed E-state index contributed by atoms with van der Waals surface area (Å²) in [6.07, 6.45) is 16.4. The molecule has 0 amide bonds. The summed E-state index contributed by atoms with van der Waals surface area (Å²) in [6, 6.07) is 0. The third kappa shape index (κ3) is 14.0. The molecule has 1 aromatic rings. The molecule has 164 valence electrons. The van der Waals surface area contributed by atoms with Gasteiger partial charge in [-0.2, -0.15) is 17.0 Å². The van der Waals surface area contributed by atoms with E-state index in [1.165, 1.54) is 57.8 Å². The molecule has 0 spiro atoms. The van der Waals surface area contributed by atoms with Gasteiger partial charge < -0.3 is 16.0 Å². The van der Waals surface area contributed by atoms with Crippen molar-refractivity contribution in [2.24, 2.45) is 10.7 Å². The van der Waals surface area contributed by atoms with Crippen LogP contribution < -0.4 is 16.4 Å². The number of nitrogens with zero attached hydrogens (tertiary/aromatic N) is 3. The van der Waals surface area contributed by atoms with Gasteiger partial charge in [0.25, 0.3) is 0 Å². The first-order valence-corrected chi connectivity index (χ1v) is 12.1. The Morgan fingerprint density at radius 2 is 1.79 bits per heavy atom. The van der Waals surface area contributed by atoms with E-state index in [1.807, 2.05) is 13.1 Å². The van der Waals surface area contributed by atoms with Crippen LogP contribution in [0.15, 0.2) is 11.3 Å². The second kappa shape index (κ2) is 18.3. The number of aryl methyl sites for hydroxylation is 1. The maximum Gasteiger partial charge on any atom is 0.204 e. The highest BCUT2D eigenvalue weighted by Gasteiger charge is 2.01. The van der Waals surface area contributed by atoms with E-state index in [1.54, 1.807) is 18.1 Å². The van der Waals surface area contributed by atoms with Gasteiger partial charge in [-0.1, -0.05) is 51.4 Å². The fourth-order valence-corrected chi connectivity index (χ4v) is 3.86. The Balaban J connectivity index is 1.99. The van der Waals surface area contributed by atoms with E-state index >= 15 is 0 Å². The highest BCUT2D eigenvalue weighted by Crippen LogP contribution is 2.12. The normalized spacial score (nSPS) is 11.4. The first-order valence-electron chi connectivity index (χ1n) is 11.0. The monoisotopic (exact) mass is 421 g/mol. The second-order valence-electron chi connectivity index (χ2n) is 7.24. The molecule has 0 bridgehead atoms. The van der Waals surface area contributed by atoms with Crippen molar-refractivity contribution in [3.05, 3.63) is 17.7 Å². The summed E-state index contributed by atoms with van der Waals surface area (Å²) in [4.78, 5) is 11.8. The third-order valence-electron chi connectivity index (χ3n) is 4.78. The average Bonchev–Trinajstić information content (AvgIpc) is 3.13. The first kappa shape index (κ1) is 25.3. The van der Waals surface area contributed by atoms with Crippen LogP contribution in [-0.2, 0) is 5.75 Å². The molecule has 1 aromatic heterocycles. The zero-order valence-electron chi connectivity index (χ0n) is 18.0. The molecule has 0 fully saturated rings. The van der Waals surface area contributed by atoms with Crippen LogP contribution in [0.4, 0.5) is 0 Å². The Morgan fingerprint density at radius 1 is 1.14 bits per heavy atom. The van der Waals surface area contributed by atoms with Crippen molar-refractivity contribution in [3.63, 3.8) is 0 Å². The molecule has 0 radical (unpaired) electrons. The van der Waals surface area contributed by atoms with Crippen molar-refractivity contribution >= 4 is 17.7 Å². The number of nitrogens with one attached hydrogen (secondary N) is 3. The van der Waals surface area contributed by atoms with Crippen molar-refractivity contribution in [2.75, 3.05) is 25.4 Å². The molecule has 0 unspecified atom stereocenters. The summed E-state index contributed by atoms with van der Waals surface area (Å²) < 4.78 is 0. The minimum atomic E-state index is 0.585. The highest BCUT2D eigenvalue weighted by molar-refractivity contribution is 7.98. The van der Waals surface area contributed by atoms with Crippen molar-refractivity contribution < 1.29 is 0 Å². The molecular weight excluding hydrogens is 382 g/mol. The molecule has 8 heteroatoms. The summed E-state index contributed by atoms with van der Waals surface area (Å²) in [5.41, 5.74) is 7.72. The van der Waals surface area contributed by atoms with Crippen LogP contribution in [0.3, 0.4) is 0 Å². The Hall–Kier alpha value is -1.72. The molecule has 29 heavy (non-hydrogen) atoms. The Morgan fingerprint density at radius 3 is 2.38 bits per heavy atom. The summed E-state index contributed by atoms with van der Waals surface area (Å²) in [5.74, 6) is 2.37. The van der Waals surface area contributed by atoms with Crippen molar-refractivity contribution in [1.82, 2.24) is 20.6 Å². The number of guanidine groups is 1. The van der Waals surface area contributed by atoms with E-state index in [2.05, 4.69) is 25.6 Å². The number of nitrogens with two attached hydrogens (primary N) is 1. The lowest BCUT2D eigenvalue weighted by molar-refractivity contribution is 0.551. The topological polar surface area (TPSA) is 115 Å². The van der Waals surface area contributed by atoms with Gasteiger partial charge in [0.1, 0.15) is 0 Å². The van der Waals surface area contributed by atoms with Gasteiger partial charge in [-0.3, -0.25) is 10.3 Å². The molecule has 0 saturated heterocycles. The van der Waals surface area contributed by atoms with Crippen LogP contribution in [0.25, 0.3) is 0 Å². The maximum absolute atomic E-state index is 8.88. The predicted molar refractivity (Wildman–Crippen MR) is 124 cm³/mol. The van der Waals surface area contributed by atoms with Crippen LogP contribution in [0.1, 0.15) is 75.6 Å². The van der Waals surface area contributed by atoms with Crippen LogP contribution in [0, 0.1) is 18.4 Å². The summed E-state index contributed by atoms with van der Waals surface area (Å²) in [7, 11) is 0. The zero-order valence-corrected chi connectivity index (χ0v) is 18.8. The van der Waals surface area contributed by atoms with Gasteiger partial charge in [-0.05, 0) is 26.3 Å². The van der Waals surface area contributed by atoms with E-state index < -0.39 is 0 Å². The van der Waals surface area contributed by atoms with Crippen LogP contribution in [0.2, 0.25) is 0 Å². The second-order valence-corrected chi connectivity index (χ2v) is 8.35. The van der Waals surface area contributed by atoms with Gasteiger partial charge in [0.15, 0.2) is 6.19 Å². The lowest BCUT2D eigenvalue weighted by Crippen LogP contribution is -2.35. The van der Waals surface area contributed by atoms with Crippen molar-refractivity contribution in [3.8, 4) is 6.19 Å². The fourth-order valence-electron chi connectivity index (χ4n) is 3.01. The lowest BCUT2D eigenvalue weighted by Gasteiger charge is -2.08. The molecule has 5 N–H and O–H groups in total. The number of rotatable bonds is 17. The van der Waals surface area contributed by atoms with Gasteiger partial charge >= 0.3 is 0 Å². The summed E-state index contributed by atoms with van der Waals surface area (Å²) >= 11 is 1.80. The number of aromatic nitrogens is 2. The van der Waals surface area contributed by atoms with Gasteiger partial charge in [-0.15, -0.1) is 0 Å². The zero-order chi connectivity index (χ0) is 21.0. The number of H-pyrrole nitrogens is 1. The fraction of sp³-hybridized carbons (Fsp3) is 0.762. The number of unbranched alkanes of at least 4 members (excludes halogenated alkanes) is 9. The van der Waals surface area contributed by atoms with E-state index in [9.17, 15) is 0 Å². The predicted octanol–water partition coefficient (Wildman–Crippen LogP) is 3.83. The minimum absolute atomic E-state index is 0.585. The van der Waals surface area contributed by atoms with Gasteiger partial charge in [-0.25, -0.2) is 4.98 Å². The number of thioether (sulfide) groups is 1. The Bertz CT molecular complexity index is 580. The number of imidazole rings is 1. The quantitative estimate of drug-likeness (QED) is 0.0999. The summed E-state index contributed by atoms with van der Waals surface area (Å²) in [6.45, 7) is 4.39. The number of nitriles is 1. The Labute approximate surface area is 180 Å². The minimum Gasteiger partial charge on any atom is -0.356 e. The average molecular weight is 422 g/mol. The molecule has 0 aliphatic carbocycles.